The number of aromatic nitrogens is 5. The lowest BCUT2D eigenvalue weighted by atomic mass is 9.50. The van der Waals surface area contributed by atoms with Crippen molar-refractivity contribution in [3.05, 3.63) is 93.2 Å². The monoisotopic (exact) mass is 823 g/mol. The van der Waals surface area contributed by atoms with Gasteiger partial charge in [-0.05, 0) is 77.3 Å². The van der Waals surface area contributed by atoms with Crippen molar-refractivity contribution in [3.8, 4) is 23.0 Å². The zero-order chi connectivity index (χ0) is 37.5. The molecule has 2 aromatic carbocycles. The third-order valence-electron chi connectivity index (χ3n) is 11.3. The van der Waals surface area contributed by atoms with Crippen molar-refractivity contribution in [2.45, 2.75) is 58.7 Å². The third kappa shape index (κ3) is 4.94. The summed E-state index contributed by atoms with van der Waals surface area (Å²) in [7, 11) is 6.05. The Morgan fingerprint density at radius 2 is 1.62 bits per heavy atom. The first kappa shape index (κ1) is 35.5. The second-order valence-electron chi connectivity index (χ2n) is 13.7. The lowest BCUT2D eigenvalue weighted by Crippen LogP contribution is -2.55. The van der Waals surface area contributed by atoms with Crippen LogP contribution in [0.5, 0.6) is 23.0 Å². The minimum absolute atomic E-state index is 0.00755. The van der Waals surface area contributed by atoms with E-state index in [9.17, 15) is 29.1 Å². The Bertz CT molecular complexity index is 2490. The topological polar surface area (TPSA) is 166 Å². The number of hydrogen-bond acceptors (Lipinski definition) is 10. The van der Waals surface area contributed by atoms with E-state index in [1.165, 1.54) is 35.3 Å². The number of rotatable bonds is 7. The summed E-state index contributed by atoms with van der Waals surface area (Å²) in [6.07, 6.45) is 1.99. The molecule has 0 bridgehead atoms. The molecule has 0 amide bonds. The molecule has 4 atom stereocenters. The number of aryl methyl sites for hydroxylation is 2. The molecule has 0 saturated heterocycles. The van der Waals surface area contributed by atoms with Crippen molar-refractivity contribution in [2.24, 2.45) is 18.4 Å². The van der Waals surface area contributed by atoms with Crippen LogP contribution in [0.4, 0.5) is 0 Å². The van der Waals surface area contributed by atoms with E-state index in [1.807, 2.05) is 28.7 Å². The highest BCUT2D eigenvalue weighted by Gasteiger charge is 2.60. The summed E-state index contributed by atoms with van der Waals surface area (Å²) < 4.78 is 22.1. The number of benzene rings is 2. The maximum Gasteiger partial charge on any atom is 0.347 e. The molecule has 52 heavy (non-hydrogen) atoms. The molecule has 4 aromatic rings. The van der Waals surface area contributed by atoms with Crippen LogP contribution in [0.25, 0.3) is 11.0 Å². The van der Waals surface area contributed by atoms with Crippen LogP contribution < -0.4 is 31.1 Å². The summed E-state index contributed by atoms with van der Waals surface area (Å²) in [5, 5.41) is 10.7. The molecule has 0 spiro atoms. The Morgan fingerprint density at radius 3 is 2.29 bits per heavy atom. The van der Waals surface area contributed by atoms with Gasteiger partial charge in [-0.15, -0.1) is 0 Å². The zero-order valence-corrected chi connectivity index (χ0v) is 31.9. The van der Waals surface area contributed by atoms with Gasteiger partial charge in [-0.25, -0.2) is 28.5 Å². The average Bonchev–Trinajstić information content (AvgIpc) is 3.38. The molecule has 15 heteroatoms. The Morgan fingerprint density at radius 1 is 0.942 bits per heavy atom. The summed E-state index contributed by atoms with van der Waals surface area (Å²) in [4.78, 5) is 74.5. The molecule has 2 aliphatic carbocycles. The van der Waals surface area contributed by atoms with Gasteiger partial charge in [-0.1, -0.05) is 13.0 Å². The van der Waals surface area contributed by atoms with Crippen LogP contribution >= 0.6 is 22.6 Å². The number of phenols is 1. The molecule has 3 aliphatic rings. The van der Waals surface area contributed by atoms with Crippen LogP contribution in [0.15, 0.2) is 61.4 Å². The molecule has 1 fully saturated rings. The summed E-state index contributed by atoms with van der Waals surface area (Å²) in [6.45, 7) is 5.05. The number of carbonyl (C=O) groups excluding carboxylic acids is 2. The second kappa shape index (κ2) is 12.6. The van der Waals surface area contributed by atoms with Crippen LogP contribution in [0.3, 0.4) is 0 Å². The van der Waals surface area contributed by atoms with Crippen molar-refractivity contribution < 1.29 is 28.9 Å². The van der Waals surface area contributed by atoms with Crippen molar-refractivity contribution in [3.63, 3.8) is 0 Å². The van der Waals surface area contributed by atoms with Gasteiger partial charge in [-0.3, -0.25) is 14.4 Å². The van der Waals surface area contributed by atoms with Crippen LogP contribution in [-0.2, 0) is 36.1 Å². The van der Waals surface area contributed by atoms with Gasteiger partial charge in [0.25, 0.3) is 5.56 Å². The first-order chi connectivity index (χ1) is 24.7. The van der Waals surface area contributed by atoms with Crippen LogP contribution in [-0.4, -0.2) is 61.5 Å². The van der Waals surface area contributed by atoms with E-state index >= 15 is 0 Å². The molecule has 0 radical (unpaired) electrons. The fraction of sp³-hybridized carbons (Fsp3) is 0.405. The quantitative estimate of drug-likeness (QED) is 0.216. The second-order valence-corrected chi connectivity index (χ2v) is 14.9. The molecule has 1 aliphatic heterocycles. The Balaban J connectivity index is 1.33. The Kier molecular flexibility index (Phi) is 8.62. The highest BCUT2D eigenvalue weighted by Crippen LogP contribution is 2.61. The van der Waals surface area contributed by atoms with Crippen LogP contribution in [0.1, 0.15) is 50.4 Å². The summed E-state index contributed by atoms with van der Waals surface area (Å²) in [6, 6.07) is 6.04. The van der Waals surface area contributed by atoms with E-state index < -0.39 is 34.7 Å². The summed E-state index contributed by atoms with van der Waals surface area (Å²) >= 11 is 2.00. The molecule has 7 rings (SSSR count). The fourth-order valence-corrected chi connectivity index (χ4v) is 9.09. The number of allylic oxidation sites excluding steroid dienone is 4. The number of Topliss-reactive ketones (excluding diaryl/α,β-unsaturated/α-hetero) is 2. The number of ketones is 2. The van der Waals surface area contributed by atoms with Gasteiger partial charge in [0.2, 0.25) is 0 Å². The molecule has 2 aromatic heterocycles. The first-order valence-corrected chi connectivity index (χ1v) is 17.8. The molecular weight excluding hydrogens is 785 g/mol. The van der Waals surface area contributed by atoms with Gasteiger partial charge >= 0.3 is 11.4 Å². The number of hydrogen-bond donors (Lipinski definition) is 1. The number of aromatic hydroxyl groups is 1. The molecule has 1 N–H and O–H groups in total. The van der Waals surface area contributed by atoms with E-state index in [4.69, 9.17) is 14.2 Å². The molecular formula is C37H38IN5O9. The predicted octanol–water partition coefficient (Wildman–Crippen LogP) is 3.42. The summed E-state index contributed by atoms with van der Waals surface area (Å²) in [5.74, 6) is -0.775. The standard InChI is InChI=1S/C37H38IN5O9/c1-17-18(2)33(46)37(3)21(31(17)44)14-25-20(30(37)19-12-22(38)32(45)29(13-19)52-7)8-11-42-35(48)41(36(49)43(25)42)10-9-23-34(47)40(4)26-16-28(51-6)27(50-5)15-24(26)39-23/h8,12-13,15-16,21,25,30,45H,9-11,14H2,1-7H3/t21-,25+,30-,37+/m0/s1. The maximum atomic E-state index is 14.3. The fourth-order valence-electron chi connectivity index (χ4n) is 8.47. The van der Waals surface area contributed by atoms with Crippen LogP contribution in [0, 0.1) is 14.9 Å². The van der Waals surface area contributed by atoms with E-state index in [0.717, 1.165) is 10.1 Å². The van der Waals surface area contributed by atoms with E-state index in [1.54, 1.807) is 52.1 Å². The number of phenolic OH excluding ortho intramolecular Hbond substituents is 1. The average molecular weight is 824 g/mol. The number of fused-ring (bicyclic) bond motifs is 5. The SMILES string of the molecule is COc1cc2nc(CCn3c(=O)n4n(c3=O)[C@@H]3C[C@H]5C(=O)C(C)=C(C)C(=O)[C@@]5(C)[C@@H](c5cc(I)c(O)c(OC)c5)C3=CC4)c(=O)n(C)c2cc1OC. The minimum Gasteiger partial charge on any atom is -0.504 e. The van der Waals surface area contributed by atoms with Gasteiger partial charge < -0.3 is 23.9 Å². The highest BCUT2D eigenvalue weighted by atomic mass is 127. The molecule has 1 saturated carbocycles. The van der Waals surface area contributed by atoms with E-state index in [0.29, 0.717) is 42.8 Å². The van der Waals surface area contributed by atoms with Gasteiger partial charge in [0.1, 0.15) is 5.69 Å². The van der Waals surface area contributed by atoms with Crippen LogP contribution in [0.2, 0.25) is 0 Å². The molecule has 3 heterocycles. The Labute approximate surface area is 311 Å². The predicted molar refractivity (Wildman–Crippen MR) is 199 cm³/mol. The van der Waals surface area contributed by atoms with Crippen molar-refractivity contribution >= 4 is 45.2 Å². The largest absolute Gasteiger partial charge is 0.504 e. The number of nitrogens with zero attached hydrogens (tertiary/aromatic N) is 5. The zero-order valence-electron chi connectivity index (χ0n) is 29.8. The van der Waals surface area contributed by atoms with Gasteiger partial charge in [0.05, 0.1) is 53.9 Å². The molecule has 14 nitrogen and oxygen atoms in total. The first-order valence-electron chi connectivity index (χ1n) is 16.8. The van der Waals surface area contributed by atoms with E-state index in [-0.39, 0.29) is 60.2 Å². The summed E-state index contributed by atoms with van der Waals surface area (Å²) in [5.41, 5.74) is 0.571. The minimum atomic E-state index is -1.21. The Hall–Kier alpha value is -4.93. The number of carbonyl (C=O) groups is 2. The van der Waals surface area contributed by atoms with Gasteiger partial charge in [0.15, 0.2) is 34.6 Å². The van der Waals surface area contributed by atoms with Crippen molar-refractivity contribution in [1.82, 2.24) is 23.5 Å². The highest BCUT2D eigenvalue weighted by molar-refractivity contribution is 14.1. The lowest BCUT2D eigenvalue weighted by Gasteiger charge is -2.53. The van der Waals surface area contributed by atoms with Gasteiger partial charge in [0, 0.05) is 44.0 Å². The lowest BCUT2D eigenvalue weighted by molar-refractivity contribution is -0.140. The maximum absolute atomic E-state index is 14.3. The van der Waals surface area contributed by atoms with Crippen molar-refractivity contribution in [1.29, 1.82) is 0 Å². The van der Waals surface area contributed by atoms with E-state index in [2.05, 4.69) is 4.98 Å². The number of halogens is 1. The van der Waals surface area contributed by atoms with Crippen molar-refractivity contribution in [2.75, 3.05) is 21.3 Å². The normalized spacial score (nSPS) is 22.5. The van der Waals surface area contributed by atoms with Gasteiger partial charge in [-0.2, -0.15) is 0 Å². The number of ether oxygens (including phenoxy) is 3. The third-order valence-corrected chi connectivity index (χ3v) is 12.2. The number of methoxy groups -OCH3 is 3. The molecule has 272 valence electrons. The molecule has 0 unspecified atom stereocenters. The smallest absolute Gasteiger partial charge is 0.347 e.